The fourth-order valence-corrected chi connectivity index (χ4v) is 3.77. The van der Waals surface area contributed by atoms with Gasteiger partial charge in [0.05, 0.1) is 18.3 Å². The number of ether oxygens (including phenoxy) is 1. The van der Waals surface area contributed by atoms with E-state index in [9.17, 15) is 4.79 Å². The number of esters is 1. The van der Waals surface area contributed by atoms with Gasteiger partial charge in [-0.25, -0.2) is 0 Å². The summed E-state index contributed by atoms with van der Waals surface area (Å²) >= 11 is 1.59. The second kappa shape index (κ2) is 4.57. The minimum Gasteiger partial charge on any atom is -0.468 e. The van der Waals surface area contributed by atoms with Gasteiger partial charge in [-0.1, -0.05) is 6.07 Å². The van der Waals surface area contributed by atoms with Crippen LogP contribution in [0.15, 0.2) is 12.1 Å². The lowest BCUT2D eigenvalue weighted by atomic mass is 9.88. The van der Waals surface area contributed by atoms with E-state index in [1.165, 1.54) is 7.11 Å². The van der Waals surface area contributed by atoms with Crippen molar-refractivity contribution in [1.29, 1.82) is 0 Å². The monoisotopic (exact) mass is 308 g/mol. The maximum Gasteiger partial charge on any atom is 0.505 e. The maximum atomic E-state index is 12.0. The Hall–Kier alpha value is -0.845. The molecule has 2 heterocycles. The smallest absolute Gasteiger partial charge is 0.468 e. The zero-order valence-electron chi connectivity index (χ0n) is 13.2. The highest BCUT2D eigenvalue weighted by Crippen LogP contribution is 2.50. The summed E-state index contributed by atoms with van der Waals surface area (Å²) in [7, 11) is 1.09. The molecule has 1 aliphatic carbocycles. The third-order valence-electron chi connectivity index (χ3n) is 4.91. The SMILES string of the molecule is COC(=O)C1(c2ccc(B3OC(C)(C)C(C)(C)O3)s2)CC1. The lowest BCUT2D eigenvalue weighted by molar-refractivity contribution is -0.143. The molecule has 3 rings (SSSR count). The molecule has 0 bridgehead atoms. The van der Waals surface area contributed by atoms with Crippen LogP contribution in [0, 0.1) is 0 Å². The summed E-state index contributed by atoms with van der Waals surface area (Å²) in [5.41, 5.74) is -1.11. The van der Waals surface area contributed by atoms with Gasteiger partial charge in [-0.3, -0.25) is 4.79 Å². The molecule has 1 saturated heterocycles. The van der Waals surface area contributed by atoms with Gasteiger partial charge in [-0.15, -0.1) is 11.3 Å². The van der Waals surface area contributed by atoms with Crippen molar-refractivity contribution in [3.05, 3.63) is 17.0 Å². The highest BCUT2D eigenvalue weighted by Gasteiger charge is 2.55. The van der Waals surface area contributed by atoms with Gasteiger partial charge >= 0.3 is 13.1 Å². The molecule has 6 heteroatoms. The van der Waals surface area contributed by atoms with E-state index in [1.807, 2.05) is 39.8 Å². The summed E-state index contributed by atoms with van der Waals surface area (Å²) in [5, 5.41) is 0. The Morgan fingerprint density at radius 2 is 1.76 bits per heavy atom. The summed E-state index contributed by atoms with van der Waals surface area (Å²) < 4.78 is 18.1. The normalized spacial score (nSPS) is 24.9. The zero-order chi connectivity index (χ0) is 15.5. The second-order valence-corrected chi connectivity index (χ2v) is 7.98. The lowest BCUT2D eigenvalue weighted by Gasteiger charge is -2.32. The molecule has 1 aromatic heterocycles. The van der Waals surface area contributed by atoms with E-state index < -0.39 is 5.41 Å². The predicted octanol–water partition coefficient (Wildman–Crippen LogP) is 2.25. The fraction of sp³-hybridized carbons (Fsp3) is 0.667. The van der Waals surface area contributed by atoms with Crippen LogP contribution in [0.25, 0.3) is 0 Å². The van der Waals surface area contributed by atoms with Crippen molar-refractivity contribution in [2.75, 3.05) is 7.11 Å². The number of hydrogen-bond donors (Lipinski definition) is 0. The van der Waals surface area contributed by atoms with Gasteiger partial charge in [0.15, 0.2) is 0 Å². The van der Waals surface area contributed by atoms with Crippen molar-refractivity contribution in [2.24, 2.45) is 0 Å². The largest absolute Gasteiger partial charge is 0.505 e. The Morgan fingerprint density at radius 3 is 2.24 bits per heavy atom. The number of hydrogen-bond acceptors (Lipinski definition) is 5. The highest BCUT2D eigenvalue weighted by atomic mass is 32.1. The number of carbonyl (C=O) groups is 1. The molecule has 0 amide bonds. The first-order chi connectivity index (χ1) is 9.72. The molecule has 0 spiro atoms. The second-order valence-electron chi connectivity index (χ2n) is 6.86. The molecule has 0 aromatic carbocycles. The van der Waals surface area contributed by atoms with Crippen LogP contribution in [0.5, 0.6) is 0 Å². The van der Waals surface area contributed by atoms with E-state index in [-0.39, 0.29) is 24.3 Å². The van der Waals surface area contributed by atoms with Gasteiger partial charge in [0.1, 0.15) is 5.41 Å². The molecule has 0 atom stereocenters. The number of thiophene rings is 1. The van der Waals surface area contributed by atoms with Crippen molar-refractivity contribution in [1.82, 2.24) is 0 Å². The van der Waals surface area contributed by atoms with Crippen molar-refractivity contribution in [2.45, 2.75) is 57.2 Å². The van der Waals surface area contributed by atoms with E-state index >= 15 is 0 Å². The van der Waals surface area contributed by atoms with Gasteiger partial charge in [-0.2, -0.15) is 0 Å². The molecule has 0 unspecified atom stereocenters. The molecule has 0 N–H and O–H groups in total. The van der Waals surface area contributed by atoms with Crippen LogP contribution in [-0.2, 0) is 24.3 Å². The number of carbonyl (C=O) groups excluding carboxylic acids is 1. The van der Waals surface area contributed by atoms with Crippen LogP contribution < -0.4 is 4.78 Å². The highest BCUT2D eigenvalue weighted by molar-refractivity contribution is 7.22. The Bertz CT molecular complexity index is 558. The minimum atomic E-state index is -0.415. The molecule has 114 valence electrons. The van der Waals surface area contributed by atoms with E-state index in [1.54, 1.807) is 11.3 Å². The summed E-state index contributed by atoms with van der Waals surface area (Å²) in [5.74, 6) is -0.134. The fourth-order valence-electron chi connectivity index (χ4n) is 2.57. The number of rotatable bonds is 3. The third-order valence-corrected chi connectivity index (χ3v) is 6.22. The van der Waals surface area contributed by atoms with Crippen molar-refractivity contribution < 1.29 is 18.8 Å². The van der Waals surface area contributed by atoms with Crippen LogP contribution in [0.2, 0.25) is 0 Å². The molecule has 21 heavy (non-hydrogen) atoms. The summed E-state index contributed by atoms with van der Waals surface area (Å²) in [6, 6.07) is 4.01. The minimum absolute atomic E-state index is 0.134. The average molecular weight is 308 g/mol. The quantitative estimate of drug-likeness (QED) is 0.635. The summed E-state index contributed by atoms with van der Waals surface area (Å²) in [4.78, 5) is 13.0. The first kappa shape index (κ1) is 15.1. The Balaban J connectivity index is 1.83. The lowest BCUT2D eigenvalue weighted by Crippen LogP contribution is -2.41. The standard InChI is InChI=1S/C15H21BO4S/c1-13(2)14(3,4)20-16(19-13)11-7-6-10(21-11)15(8-9-15)12(17)18-5/h6-7H,8-9H2,1-5H3. The first-order valence-corrected chi connectivity index (χ1v) is 8.08. The van der Waals surface area contributed by atoms with Crippen LogP contribution in [-0.4, -0.2) is 31.4 Å². The van der Waals surface area contributed by atoms with Gasteiger partial charge in [-0.05, 0) is 46.6 Å². The van der Waals surface area contributed by atoms with Crippen molar-refractivity contribution >= 4 is 29.2 Å². The molecule has 1 saturated carbocycles. The Kier molecular flexibility index (Phi) is 3.28. The van der Waals surface area contributed by atoms with Crippen LogP contribution in [0.1, 0.15) is 45.4 Å². The zero-order valence-corrected chi connectivity index (χ0v) is 14.0. The third kappa shape index (κ3) is 2.24. The van der Waals surface area contributed by atoms with Gasteiger partial charge in [0, 0.05) is 9.65 Å². The van der Waals surface area contributed by atoms with Gasteiger partial charge in [0.2, 0.25) is 0 Å². The van der Waals surface area contributed by atoms with Crippen LogP contribution in [0.4, 0.5) is 0 Å². The Labute approximate surface area is 129 Å². The van der Waals surface area contributed by atoms with Gasteiger partial charge < -0.3 is 14.0 Å². The Morgan fingerprint density at radius 1 is 1.19 bits per heavy atom. The van der Waals surface area contributed by atoms with Crippen molar-refractivity contribution in [3.63, 3.8) is 0 Å². The van der Waals surface area contributed by atoms with E-state index in [0.29, 0.717) is 0 Å². The maximum absolute atomic E-state index is 12.0. The molecular formula is C15H21BO4S. The molecule has 4 nitrogen and oxygen atoms in total. The molecule has 2 fully saturated rings. The van der Waals surface area contributed by atoms with Gasteiger partial charge in [0.25, 0.3) is 0 Å². The molecular weight excluding hydrogens is 287 g/mol. The average Bonchev–Trinajstić information content (AvgIpc) is 2.99. The topological polar surface area (TPSA) is 44.8 Å². The first-order valence-electron chi connectivity index (χ1n) is 7.26. The summed E-state index contributed by atoms with van der Waals surface area (Å²) in [6.07, 6.45) is 1.73. The molecule has 2 aliphatic rings. The van der Waals surface area contributed by atoms with E-state index in [0.717, 1.165) is 22.5 Å². The van der Waals surface area contributed by atoms with Crippen molar-refractivity contribution in [3.8, 4) is 0 Å². The number of methoxy groups -OCH3 is 1. The molecule has 1 aromatic rings. The molecule has 0 radical (unpaired) electrons. The summed E-state index contributed by atoms with van der Waals surface area (Å²) in [6.45, 7) is 8.16. The van der Waals surface area contributed by atoms with Crippen LogP contribution in [0.3, 0.4) is 0 Å². The predicted molar refractivity (Wildman–Crippen MR) is 83.0 cm³/mol. The van der Waals surface area contributed by atoms with E-state index in [2.05, 4.69) is 0 Å². The van der Waals surface area contributed by atoms with Crippen LogP contribution >= 0.6 is 11.3 Å². The molecule has 1 aliphatic heterocycles. The van der Waals surface area contributed by atoms with E-state index in [4.69, 9.17) is 14.0 Å².